The lowest BCUT2D eigenvalue weighted by atomic mass is 10.1. The number of nitrogens with two attached hydrogens (primary N) is 1. The third-order valence-electron chi connectivity index (χ3n) is 2.01. The van der Waals surface area contributed by atoms with Crippen molar-refractivity contribution in [2.75, 3.05) is 0 Å². The highest BCUT2D eigenvalue weighted by Crippen LogP contribution is 2.42. The first-order valence-corrected chi connectivity index (χ1v) is 3.03. The Kier molecular flexibility index (Phi) is 0.612. The van der Waals surface area contributed by atoms with E-state index in [1.807, 2.05) is 0 Å². The molecule has 0 radical (unpaired) electrons. The third-order valence-corrected chi connectivity index (χ3v) is 2.01. The highest BCUT2D eigenvalue weighted by Gasteiger charge is 2.49. The zero-order valence-electron chi connectivity index (χ0n) is 4.67. The van der Waals surface area contributed by atoms with Crippen LogP contribution in [-0.4, -0.2) is 11.7 Å². The molecule has 1 unspecified atom stereocenters. The topological polar surface area (TPSA) is 50.7 Å². The second-order valence-corrected chi connectivity index (χ2v) is 2.58. The normalized spacial score (nSPS) is 38.9. The summed E-state index contributed by atoms with van der Waals surface area (Å²) in [5.74, 6) is 0. The summed E-state index contributed by atoms with van der Waals surface area (Å²) in [6.07, 6.45) is 3.40. The van der Waals surface area contributed by atoms with E-state index in [0.29, 0.717) is 0 Å². The summed E-state index contributed by atoms with van der Waals surface area (Å²) in [6, 6.07) is 0.238. The minimum Gasteiger partial charge on any atom is -0.324 e. The van der Waals surface area contributed by atoms with Crippen LogP contribution < -0.4 is 5.73 Å². The van der Waals surface area contributed by atoms with Crippen LogP contribution in [0, 0.1) is 0 Å². The Morgan fingerprint density at radius 2 is 2.25 bits per heavy atom. The van der Waals surface area contributed by atoms with Crippen LogP contribution in [0.1, 0.15) is 19.3 Å². The fraction of sp³-hybridized carbons (Fsp3) is 1.00. The van der Waals surface area contributed by atoms with E-state index in [-0.39, 0.29) is 11.7 Å². The molecule has 1 fully saturated rings. The maximum atomic E-state index is 5.69. The van der Waals surface area contributed by atoms with Crippen molar-refractivity contribution in [2.24, 2.45) is 16.0 Å². The van der Waals surface area contributed by atoms with Crippen molar-refractivity contribution >= 4 is 0 Å². The average molecular weight is 111 g/mol. The molecule has 0 aromatic carbocycles. The predicted molar refractivity (Wildman–Crippen MR) is 29.4 cm³/mol. The van der Waals surface area contributed by atoms with Gasteiger partial charge < -0.3 is 5.73 Å². The second-order valence-electron chi connectivity index (χ2n) is 2.58. The smallest absolute Gasteiger partial charge is 0.205 e. The Labute approximate surface area is 48.0 Å². The fourth-order valence-electron chi connectivity index (χ4n) is 1.31. The molecule has 1 aliphatic heterocycles. The van der Waals surface area contributed by atoms with Gasteiger partial charge in [0.05, 0.1) is 6.04 Å². The lowest BCUT2D eigenvalue weighted by Gasteiger charge is -2.04. The Balaban J connectivity index is 2.14. The van der Waals surface area contributed by atoms with Crippen molar-refractivity contribution in [3.8, 4) is 0 Å². The van der Waals surface area contributed by atoms with Gasteiger partial charge in [-0.15, -0.1) is 0 Å². The molecule has 3 heteroatoms. The summed E-state index contributed by atoms with van der Waals surface area (Å²) in [7, 11) is 0. The zero-order valence-corrected chi connectivity index (χ0v) is 4.67. The van der Waals surface area contributed by atoms with Gasteiger partial charge in [0.2, 0.25) is 5.66 Å². The van der Waals surface area contributed by atoms with Crippen LogP contribution in [0.4, 0.5) is 0 Å². The maximum Gasteiger partial charge on any atom is 0.205 e. The maximum absolute atomic E-state index is 5.69. The van der Waals surface area contributed by atoms with Gasteiger partial charge in [-0.05, 0) is 19.3 Å². The van der Waals surface area contributed by atoms with Crippen LogP contribution in [0.5, 0.6) is 0 Å². The summed E-state index contributed by atoms with van der Waals surface area (Å²) in [5, 5.41) is 7.83. The molecule has 0 aromatic heterocycles. The zero-order chi connectivity index (χ0) is 5.61. The number of hydrogen-bond acceptors (Lipinski definition) is 3. The van der Waals surface area contributed by atoms with E-state index in [1.165, 1.54) is 6.42 Å². The molecule has 0 aromatic rings. The fourth-order valence-corrected chi connectivity index (χ4v) is 1.31. The summed E-state index contributed by atoms with van der Waals surface area (Å²) < 4.78 is 0. The van der Waals surface area contributed by atoms with Gasteiger partial charge in [-0.2, -0.15) is 10.2 Å². The number of nitrogens with zero attached hydrogens (tertiary/aromatic N) is 2. The largest absolute Gasteiger partial charge is 0.324 e. The van der Waals surface area contributed by atoms with Gasteiger partial charge in [0.1, 0.15) is 0 Å². The predicted octanol–water partition coefficient (Wildman–Crippen LogP) is 0.660. The molecule has 1 heterocycles. The van der Waals surface area contributed by atoms with Gasteiger partial charge in [-0.1, -0.05) is 0 Å². The molecule has 44 valence electrons. The molecule has 2 N–H and O–H groups in total. The molecule has 1 spiro atoms. The van der Waals surface area contributed by atoms with Gasteiger partial charge in [0, 0.05) is 0 Å². The first-order chi connectivity index (χ1) is 3.83. The standard InChI is InChI=1S/C5H9N3/c6-4-2-1-3-5(4)7-8-5/h4H,1-3,6H2. The van der Waals surface area contributed by atoms with Crippen LogP contribution in [0.3, 0.4) is 0 Å². The second kappa shape index (κ2) is 1.10. The summed E-state index contributed by atoms with van der Waals surface area (Å²) in [5.41, 5.74) is 5.62. The van der Waals surface area contributed by atoms with Crippen molar-refractivity contribution in [3.05, 3.63) is 0 Å². The average Bonchev–Trinajstić information content (AvgIpc) is 2.39. The minimum atomic E-state index is -0.0694. The monoisotopic (exact) mass is 111 g/mol. The highest BCUT2D eigenvalue weighted by atomic mass is 15.5. The van der Waals surface area contributed by atoms with Crippen LogP contribution in [-0.2, 0) is 0 Å². The Hall–Kier alpha value is -0.440. The van der Waals surface area contributed by atoms with Crippen LogP contribution in [0.2, 0.25) is 0 Å². The molecule has 3 nitrogen and oxygen atoms in total. The SMILES string of the molecule is NC1CCCC12N=N2. The van der Waals surface area contributed by atoms with E-state index >= 15 is 0 Å². The Morgan fingerprint density at radius 1 is 1.50 bits per heavy atom. The van der Waals surface area contributed by atoms with E-state index in [0.717, 1.165) is 12.8 Å². The van der Waals surface area contributed by atoms with E-state index < -0.39 is 0 Å². The van der Waals surface area contributed by atoms with Crippen LogP contribution >= 0.6 is 0 Å². The Morgan fingerprint density at radius 3 is 2.50 bits per heavy atom. The van der Waals surface area contributed by atoms with E-state index in [9.17, 15) is 0 Å². The lowest BCUT2D eigenvalue weighted by Crippen LogP contribution is -2.31. The molecule has 2 aliphatic rings. The lowest BCUT2D eigenvalue weighted by molar-refractivity contribution is 0.541. The Bertz CT molecular complexity index is 135. The minimum absolute atomic E-state index is 0.0694. The van der Waals surface area contributed by atoms with E-state index in [2.05, 4.69) is 10.2 Å². The molecule has 0 saturated heterocycles. The molecule has 0 bridgehead atoms. The van der Waals surface area contributed by atoms with E-state index in [4.69, 9.17) is 5.73 Å². The number of hydrogen-bond donors (Lipinski definition) is 1. The van der Waals surface area contributed by atoms with E-state index in [1.54, 1.807) is 0 Å². The molecule has 1 aliphatic carbocycles. The first-order valence-electron chi connectivity index (χ1n) is 3.03. The summed E-state index contributed by atoms with van der Waals surface area (Å²) in [6.45, 7) is 0. The molecule has 1 saturated carbocycles. The van der Waals surface area contributed by atoms with Crippen LogP contribution in [0.15, 0.2) is 10.2 Å². The van der Waals surface area contributed by atoms with Crippen LogP contribution in [0.25, 0.3) is 0 Å². The van der Waals surface area contributed by atoms with Crippen molar-refractivity contribution in [2.45, 2.75) is 31.0 Å². The molecular formula is C5H9N3. The molecule has 2 rings (SSSR count). The van der Waals surface area contributed by atoms with Crippen molar-refractivity contribution in [1.82, 2.24) is 0 Å². The first kappa shape index (κ1) is 4.44. The summed E-state index contributed by atoms with van der Waals surface area (Å²) >= 11 is 0. The molecular weight excluding hydrogens is 102 g/mol. The quantitative estimate of drug-likeness (QED) is 0.490. The molecule has 0 amide bonds. The van der Waals surface area contributed by atoms with Crippen molar-refractivity contribution in [1.29, 1.82) is 0 Å². The van der Waals surface area contributed by atoms with Crippen molar-refractivity contribution < 1.29 is 0 Å². The van der Waals surface area contributed by atoms with Crippen molar-refractivity contribution in [3.63, 3.8) is 0 Å². The number of rotatable bonds is 0. The third kappa shape index (κ3) is 0.375. The highest BCUT2D eigenvalue weighted by molar-refractivity contribution is 5.06. The molecule has 1 atom stereocenters. The summed E-state index contributed by atoms with van der Waals surface area (Å²) in [4.78, 5) is 0. The van der Waals surface area contributed by atoms with Gasteiger partial charge in [0.25, 0.3) is 0 Å². The van der Waals surface area contributed by atoms with Gasteiger partial charge in [0.15, 0.2) is 0 Å². The van der Waals surface area contributed by atoms with Gasteiger partial charge in [-0.3, -0.25) is 0 Å². The molecule has 8 heavy (non-hydrogen) atoms. The van der Waals surface area contributed by atoms with Gasteiger partial charge >= 0.3 is 0 Å². The van der Waals surface area contributed by atoms with Gasteiger partial charge in [-0.25, -0.2) is 0 Å².